The zero-order chi connectivity index (χ0) is 30.5. The molecule has 1 aromatic carbocycles. The molecule has 10 heteroatoms. The number of amides is 1. The molecule has 1 aliphatic heterocycles. The van der Waals surface area contributed by atoms with Gasteiger partial charge < -0.3 is 19.7 Å². The molecule has 0 radical (unpaired) electrons. The molecule has 0 saturated heterocycles. The van der Waals surface area contributed by atoms with Crippen LogP contribution >= 0.6 is 20.6 Å². The Balaban J connectivity index is 2.13. The molecule has 2 N–H and O–H groups in total. The Bertz CT molecular complexity index is 1050. The number of esters is 2. The molecule has 41 heavy (non-hydrogen) atoms. The van der Waals surface area contributed by atoms with Gasteiger partial charge in [-0.05, 0) is 36.2 Å². The molecule has 228 valence electrons. The number of rotatable bonds is 17. The number of ether oxygens (including phenoxy) is 2. The van der Waals surface area contributed by atoms with Crippen molar-refractivity contribution in [3.05, 3.63) is 47.0 Å². The van der Waals surface area contributed by atoms with Crippen molar-refractivity contribution >= 4 is 43.9 Å². The van der Waals surface area contributed by atoms with Crippen LogP contribution in [0.2, 0.25) is 0 Å². The van der Waals surface area contributed by atoms with E-state index in [0.717, 1.165) is 35.9 Å². The first-order valence-corrected chi connectivity index (χ1v) is 15.9. The van der Waals surface area contributed by atoms with E-state index in [1.807, 2.05) is 42.5 Å². The fourth-order valence-electron chi connectivity index (χ4n) is 5.02. The van der Waals surface area contributed by atoms with Gasteiger partial charge in [-0.1, -0.05) is 73.3 Å². The number of carbonyl (C=O) groups is 3. The highest BCUT2D eigenvalue weighted by Gasteiger charge is 2.35. The van der Waals surface area contributed by atoms with E-state index in [-0.39, 0.29) is 47.1 Å². The van der Waals surface area contributed by atoms with Crippen LogP contribution in [0, 0.1) is 11.8 Å². The Hall–Kier alpha value is -2.35. The fraction of sp³-hybridized carbons (Fsp3) is 0.613. The highest BCUT2D eigenvalue weighted by atomic mass is 32.2. The Morgan fingerprint density at radius 3 is 2.41 bits per heavy atom. The average Bonchev–Trinajstić information content (AvgIpc) is 3.43. The second kappa shape index (κ2) is 17.6. The van der Waals surface area contributed by atoms with Gasteiger partial charge in [0.15, 0.2) is 0 Å². The summed E-state index contributed by atoms with van der Waals surface area (Å²) in [5, 5.41) is 8.83. The SMILES string of the molecule is CCCCC(=O)N(C)C(CC(OC(C)=O)C1NC(C(=P)NC(Cc2ccccc2)CC(C)C(=O)OC)=CS1)C(C)C. The number of methoxy groups -OCH3 is 1. The molecule has 0 saturated carbocycles. The van der Waals surface area contributed by atoms with Gasteiger partial charge in [-0.25, -0.2) is 0 Å². The normalized spacial score (nSPS) is 17.6. The predicted octanol–water partition coefficient (Wildman–Crippen LogP) is 5.16. The largest absolute Gasteiger partial charge is 0.469 e. The van der Waals surface area contributed by atoms with E-state index in [0.29, 0.717) is 19.3 Å². The van der Waals surface area contributed by atoms with Gasteiger partial charge in [0.05, 0.1) is 24.1 Å². The minimum Gasteiger partial charge on any atom is -0.469 e. The predicted molar refractivity (Wildman–Crippen MR) is 170 cm³/mol. The molecule has 1 amide bonds. The first-order chi connectivity index (χ1) is 19.5. The first-order valence-electron chi connectivity index (χ1n) is 14.5. The molecule has 5 unspecified atom stereocenters. The van der Waals surface area contributed by atoms with Crippen molar-refractivity contribution in [1.82, 2.24) is 15.5 Å². The molecule has 1 aliphatic rings. The molecule has 0 fully saturated rings. The number of nitrogens with one attached hydrogen (secondary N) is 2. The van der Waals surface area contributed by atoms with Crippen LogP contribution in [0.5, 0.6) is 0 Å². The molecule has 0 spiro atoms. The van der Waals surface area contributed by atoms with Gasteiger partial charge in [-0.2, -0.15) is 0 Å². The van der Waals surface area contributed by atoms with E-state index < -0.39 is 6.10 Å². The molecule has 0 aliphatic carbocycles. The zero-order valence-corrected chi connectivity index (χ0v) is 27.4. The lowest BCUT2D eigenvalue weighted by molar-refractivity contribution is -0.148. The minimum absolute atomic E-state index is 0.0388. The van der Waals surface area contributed by atoms with Crippen molar-refractivity contribution in [3.8, 4) is 0 Å². The maximum absolute atomic E-state index is 12.8. The van der Waals surface area contributed by atoms with Crippen LogP contribution in [0.15, 0.2) is 41.4 Å². The summed E-state index contributed by atoms with van der Waals surface area (Å²) in [6.07, 6.45) is 3.73. The quantitative estimate of drug-likeness (QED) is 0.186. The lowest BCUT2D eigenvalue weighted by Crippen LogP contribution is -2.47. The van der Waals surface area contributed by atoms with Crippen LogP contribution in [-0.2, 0) is 30.3 Å². The molecule has 0 bridgehead atoms. The van der Waals surface area contributed by atoms with E-state index >= 15 is 0 Å². The number of nitrogens with zero attached hydrogens (tertiary/aromatic N) is 1. The fourth-order valence-corrected chi connectivity index (χ4v) is 6.48. The van der Waals surface area contributed by atoms with Crippen molar-refractivity contribution in [2.45, 2.75) is 96.7 Å². The summed E-state index contributed by atoms with van der Waals surface area (Å²) < 4.78 is 10.8. The average molecular weight is 606 g/mol. The third kappa shape index (κ3) is 11.4. The number of hydrogen-bond donors (Lipinski definition) is 2. The van der Waals surface area contributed by atoms with Crippen molar-refractivity contribution in [1.29, 1.82) is 0 Å². The van der Waals surface area contributed by atoms with Crippen molar-refractivity contribution in [3.63, 3.8) is 0 Å². The number of unbranched alkanes of at least 4 members (excludes halogenated alkanes) is 1. The van der Waals surface area contributed by atoms with Crippen LogP contribution in [-0.4, -0.2) is 65.9 Å². The highest BCUT2D eigenvalue weighted by Crippen LogP contribution is 2.30. The van der Waals surface area contributed by atoms with Gasteiger partial charge in [0, 0.05) is 38.9 Å². The van der Waals surface area contributed by atoms with Crippen molar-refractivity contribution in [2.75, 3.05) is 14.2 Å². The third-order valence-electron chi connectivity index (χ3n) is 7.35. The second-order valence-electron chi connectivity index (χ2n) is 11.1. The molecule has 2 rings (SSSR count). The molecule has 1 aromatic rings. The van der Waals surface area contributed by atoms with E-state index in [2.05, 4.69) is 52.4 Å². The first kappa shape index (κ1) is 34.8. The number of thioether (sulfide) groups is 1. The number of hydrogen-bond acceptors (Lipinski definition) is 7. The summed E-state index contributed by atoms with van der Waals surface area (Å²) in [6.45, 7) is 9.55. The Morgan fingerprint density at radius 2 is 1.83 bits per heavy atom. The summed E-state index contributed by atoms with van der Waals surface area (Å²) >= 11 is 1.55. The van der Waals surface area contributed by atoms with Gasteiger partial charge in [-0.15, -0.1) is 11.8 Å². The Morgan fingerprint density at radius 1 is 1.15 bits per heavy atom. The van der Waals surface area contributed by atoms with Crippen LogP contribution in [0.1, 0.15) is 72.3 Å². The maximum atomic E-state index is 12.8. The smallest absolute Gasteiger partial charge is 0.308 e. The van der Waals surface area contributed by atoms with Crippen LogP contribution in [0.25, 0.3) is 0 Å². The lowest BCUT2D eigenvalue weighted by atomic mass is 9.95. The summed E-state index contributed by atoms with van der Waals surface area (Å²) in [5.74, 6) is -0.558. The topological polar surface area (TPSA) is 97.0 Å². The summed E-state index contributed by atoms with van der Waals surface area (Å²) in [5.41, 5.74) is 2.76. The second-order valence-corrected chi connectivity index (χ2v) is 12.6. The van der Waals surface area contributed by atoms with Crippen LogP contribution in [0.3, 0.4) is 0 Å². The maximum Gasteiger partial charge on any atom is 0.308 e. The van der Waals surface area contributed by atoms with Crippen molar-refractivity contribution in [2.24, 2.45) is 11.8 Å². The van der Waals surface area contributed by atoms with E-state index in [1.165, 1.54) is 14.0 Å². The number of benzene rings is 1. The number of carbonyl (C=O) groups excluding carboxylic acids is 3. The molecule has 0 aromatic heterocycles. The standard InChI is InChI=1S/C31H48N3O5PS/c1-8-9-15-28(36)34(6)26(20(2)3)18-27(39-22(5)35)30-33-25(19-41-30)29(40)32-24(16-21(4)31(37)38-7)17-23-13-11-10-12-14-23/h10-14,19-21,24,26-27,30,32-33,40H,8-9,15-18H2,1-7H3. The Kier molecular flexibility index (Phi) is 14.9. The van der Waals surface area contributed by atoms with Gasteiger partial charge in [-0.3, -0.25) is 19.7 Å². The molecule has 5 atom stereocenters. The third-order valence-corrected chi connectivity index (χ3v) is 8.85. The van der Waals surface area contributed by atoms with Gasteiger partial charge in [0.2, 0.25) is 5.91 Å². The van der Waals surface area contributed by atoms with Crippen molar-refractivity contribution < 1.29 is 23.9 Å². The monoisotopic (exact) mass is 605 g/mol. The molecule has 8 nitrogen and oxygen atoms in total. The summed E-state index contributed by atoms with van der Waals surface area (Å²) in [6, 6.07) is 10.0. The van der Waals surface area contributed by atoms with Gasteiger partial charge in [0.1, 0.15) is 11.5 Å². The van der Waals surface area contributed by atoms with Crippen LogP contribution in [0.4, 0.5) is 0 Å². The summed E-state index contributed by atoms with van der Waals surface area (Å²) in [4.78, 5) is 38.9. The minimum atomic E-state index is -0.445. The van der Waals surface area contributed by atoms with E-state index in [1.54, 1.807) is 11.8 Å². The zero-order valence-electron chi connectivity index (χ0n) is 25.6. The molecular weight excluding hydrogens is 557 g/mol. The summed E-state index contributed by atoms with van der Waals surface area (Å²) in [7, 11) is 7.04. The molecular formula is C31H48N3O5PS. The van der Waals surface area contributed by atoms with E-state index in [9.17, 15) is 14.4 Å². The van der Waals surface area contributed by atoms with E-state index in [4.69, 9.17) is 9.47 Å². The lowest BCUT2D eigenvalue weighted by Gasteiger charge is -2.35. The Labute approximate surface area is 252 Å². The van der Waals surface area contributed by atoms with Crippen LogP contribution < -0.4 is 10.6 Å². The van der Waals surface area contributed by atoms with Gasteiger partial charge >= 0.3 is 11.9 Å². The molecule has 1 heterocycles. The highest BCUT2D eigenvalue weighted by molar-refractivity contribution is 8.03. The van der Waals surface area contributed by atoms with Gasteiger partial charge in [0.25, 0.3) is 0 Å².